The molecule has 0 aliphatic carbocycles. The van der Waals surface area contributed by atoms with Gasteiger partial charge in [-0.3, -0.25) is 5.10 Å². The van der Waals surface area contributed by atoms with Crippen LogP contribution in [0.2, 0.25) is 0 Å². The van der Waals surface area contributed by atoms with E-state index in [1.165, 1.54) is 18.1 Å². The molecule has 16 heavy (non-hydrogen) atoms. The summed E-state index contributed by atoms with van der Waals surface area (Å²) >= 11 is 1.51. The summed E-state index contributed by atoms with van der Waals surface area (Å²) in [4.78, 5) is 3.99. The van der Waals surface area contributed by atoms with Gasteiger partial charge in [-0.25, -0.2) is 4.98 Å². The molecule has 2 rings (SSSR count). The van der Waals surface area contributed by atoms with E-state index in [1.807, 2.05) is 6.07 Å². The molecule has 82 valence electrons. The van der Waals surface area contributed by atoms with Crippen molar-refractivity contribution in [2.75, 3.05) is 0 Å². The predicted molar refractivity (Wildman–Crippen MR) is 62.2 cm³/mol. The van der Waals surface area contributed by atoms with E-state index in [4.69, 9.17) is 10.0 Å². The van der Waals surface area contributed by atoms with Gasteiger partial charge in [-0.15, -0.1) is 0 Å². The number of aromatic nitrogens is 3. The van der Waals surface area contributed by atoms with Gasteiger partial charge in [-0.2, -0.15) is 5.10 Å². The van der Waals surface area contributed by atoms with Crippen molar-refractivity contribution in [3.63, 3.8) is 0 Å². The summed E-state index contributed by atoms with van der Waals surface area (Å²) in [5.41, 5.74) is 1.50. The van der Waals surface area contributed by atoms with Gasteiger partial charge in [-0.05, 0) is 11.0 Å². The number of rotatable bonds is 4. The molecule has 0 radical (unpaired) electrons. The van der Waals surface area contributed by atoms with Gasteiger partial charge in [0.2, 0.25) is 0 Å². The summed E-state index contributed by atoms with van der Waals surface area (Å²) < 4.78 is 0. The van der Waals surface area contributed by atoms with Gasteiger partial charge in [0, 0.05) is 5.75 Å². The van der Waals surface area contributed by atoms with Crippen molar-refractivity contribution in [3.8, 4) is 0 Å². The number of aromatic amines is 1. The minimum Gasteiger partial charge on any atom is -0.423 e. The Labute approximate surface area is 97.1 Å². The van der Waals surface area contributed by atoms with E-state index in [9.17, 15) is 0 Å². The van der Waals surface area contributed by atoms with Gasteiger partial charge in [0.15, 0.2) is 5.16 Å². The second-order valence-corrected chi connectivity index (χ2v) is 4.16. The van der Waals surface area contributed by atoms with E-state index in [2.05, 4.69) is 15.2 Å². The van der Waals surface area contributed by atoms with Crippen LogP contribution in [0.15, 0.2) is 35.7 Å². The maximum absolute atomic E-state index is 9.02. The van der Waals surface area contributed by atoms with Crippen molar-refractivity contribution in [2.24, 2.45) is 0 Å². The Kier molecular flexibility index (Phi) is 3.60. The monoisotopic (exact) mass is 235 g/mol. The lowest BCUT2D eigenvalue weighted by Gasteiger charge is -2.03. The fourth-order valence-corrected chi connectivity index (χ4v) is 1.98. The molecule has 7 heteroatoms. The van der Waals surface area contributed by atoms with Crippen LogP contribution in [0.5, 0.6) is 0 Å². The van der Waals surface area contributed by atoms with E-state index in [0.29, 0.717) is 11.2 Å². The highest BCUT2D eigenvalue weighted by Gasteiger charge is 2.10. The van der Waals surface area contributed by atoms with Gasteiger partial charge in [0.1, 0.15) is 6.33 Å². The summed E-state index contributed by atoms with van der Waals surface area (Å²) in [6.45, 7) is 0. The molecule has 0 amide bonds. The van der Waals surface area contributed by atoms with Gasteiger partial charge >= 0.3 is 7.12 Å². The zero-order valence-corrected chi connectivity index (χ0v) is 9.18. The van der Waals surface area contributed by atoms with Crippen LogP contribution in [0.25, 0.3) is 0 Å². The minimum absolute atomic E-state index is 0.496. The van der Waals surface area contributed by atoms with Crippen molar-refractivity contribution in [1.29, 1.82) is 0 Å². The van der Waals surface area contributed by atoms with Crippen LogP contribution in [-0.2, 0) is 5.75 Å². The normalized spacial score (nSPS) is 10.4. The molecular formula is C9H10BN3O2S. The number of hydrogen-bond donors (Lipinski definition) is 3. The van der Waals surface area contributed by atoms with E-state index in [-0.39, 0.29) is 0 Å². The van der Waals surface area contributed by atoms with Crippen LogP contribution < -0.4 is 5.46 Å². The zero-order valence-electron chi connectivity index (χ0n) is 8.37. The third kappa shape index (κ3) is 2.85. The SMILES string of the molecule is OB(O)c1cccc(CSc2ncn[nH]2)c1. The van der Waals surface area contributed by atoms with Crippen molar-refractivity contribution in [2.45, 2.75) is 10.9 Å². The number of H-pyrrole nitrogens is 1. The average Bonchev–Trinajstić information content (AvgIpc) is 2.79. The molecule has 0 atom stereocenters. The molecule has 0 aliphatic rings. The Morgan fingerprint density at radius 2 is 2.25 bits per heavy atom. The zero-order chi connectivity index (χ0) is 11.4. The molecule has 0 unspecified atom stereocenters. The lowest BCUT2D eigenvalue weighted by molar-refractivity contribution is 0.425. The summed E-state index contributed by atoms with van der Waals surface area (Å²) in [6.07, 6.45) is 1.45. The Bertz CT molecular complexity index is 450. The van der Waals surface area contributed by atoms with Gasteiger partial charge in [-0.1, -0.05) is 36.0 Å². The molecule has 0 aliphatic heterocycles. The average molecular weight is 235 g/mol. The van der Waals surface area contributed by atoms with E-state index >= 15 is 0 Å². The van der Waals surface area contributed by atoms with Crippen molar-refractivity contribution in [3.05, 3.63) is 36.2 Å². The predicted octanol–water partition coefficient (Wildman–Crippen LogP) is -0.223. The first-order valence-corrected chi connectivity index (χ1v) is 5.67. The van der Waals surface area contributed by atoms with Gasteiger partial charge < -0.3 is 10.0 Å². The maximum Gasteiger partial charge on any atom is 0.488 e. The van der Waals surface area contributed by atoms with Crippen molar-refractivity contribution < 1.29 is 10.0 Å². The van der Waals surface area contributed by atoms with Gasteiger partial charge in [0.05, 0.1) is 0 Å². The summed E-state index contributed by atoms with van der Waals surface area (Å²) in [5, 5.41) is 25.3. The van der Waals surface area contributed by atoms with Crippen LogP contribution in [0, 0.1) is 0 Å². The fourth-order valence-electron chi connectivity index (χ4n) is 1.26. The summed E-state index contributed by atoms with van der Waals surface area (Å²) in [7, 11) is -1.42. The quantitative estimate of drug-likeness (QED) is 0.504. The molecule has 5 nitrogen and oxygen atoms in total. The molecule has 0 bridgehead atoms. The highest BCUT2D eigenvalue weighted by atomic mass is 32.2. The largest absolute Gasteiger partial charge is 0.488 e. The first kappa shape index (κ1) is 11.2. The molecule has 1 aromatic carbocycles. The Morgan fingerprint density at radius 1 is 1.38 bits per heavy atom. The molecule has 2 aromatic rings. The topological polar surface area (TPSA) is 82.0 Å². The first-order valence-electron chi connectivity index (χ1n) is 4.69. The minimum atomic E-state index is -1.42. The molecule has 0 fully saturated rings. The highest BCUT2D eigenvalue weighted by molar-refractivity contribution is 7.98. The van der Waals surface area contributed by atoms with Crippen LogP contribution in [0.1, 0.15) is 5.56 Å². The van der Waals surface area contributed by atoms with Crippen LogP contribution in [0.3, 0.4) is 0 Å². The Hall–Kier alpha value is -1.31. The number of nitrogens with one attached hydrogen (secondary N) is 1. The van der Waals surface area contributed by atoms with E-state index < -0.39 is 7.12 Å². The first-order chi connectivity index (χ1) is 7.75. The molecule has 1 aromatic heterocycles. The standard InChI is InChI=1S/C9H10BN3O2S/c14-10(15)8-3-1-2-7(4-8)5-16-9-11-6-12-13-9/h1-4,6,14-15H,5H2,(H,11,12,13). The van der Waals surface area contributed by atoms with E-state index in [1.54, 1.807) is 18.2 Å². The second kappa shape index (κ2) is 5.15. The van der Waals surface area contributed by atoms with Gasteiger partial charge in [0.25, 0.3) is 0 Å². The number of benzene rings is 1. The third-order valence-electron chi connectivity index (χ3n) is 2.02. The highest BCUT2D eigenvalue weighted by Crippen LogP contribution is 2.17. The lowest BCUT2D eigenvalue weighted by atomic mass is 9.80. The number of thioether (sulfide) groups is 1. The second-order valence-electron chi connectivity index (χ2n) is 3.20. The molecule has 0 spiro atoms. The van der Waals surface area contributed by atoms with Crippen LogP contribution in [-0.4, -0.2) is 32.3 Å². The van der Waals surface area contributed by atoms with E-state index in [0.717, 1.165) is 10.7 Å². The molecule has 0 saturated heterocycles. The summed E-state index contributed by atoms with van der Waals surface area (Å²) in [6, 6.07) is 7.15. The fraction of sp³-hybridized carbons (Fsp3) is 0.111. The maximum atomic E-state index is 9.02. The van der Waals surface area contributed by atoms with Crippen molar-refractivity contribution in [1.82, 2.24) is 15.2 Å². The number of nitrogens with zero attached hydrogens (tertiary/aromatic N) is 2. The lowest BCUT2D eigenvalue weighted by Crippen LogP contribution is -2.29. The molecule has 0 saturated carbocycles. The van der Waals surface area contributed by atoms with Crippen LogP contribution in [0.4, 0.5) is 0 Å². The number of hydrogen-bond acceptors (Lipinski definition) is 5. The molecule has 1 heterocycles. The van der Waals surface area contributed by atoms with Crippen molar-refractivity contribution >= 4 is 24.3 Å². The smallest absolute Gasteiger partial charge is 0.423 e. The molecular weight excluding hydrogens is 225 g/mol. The summed E-state index contributed by atoms with van der Waals surface area (Å²) in [5.74, 6) is 0.704. The Morgan fingerprint density at radius 3 is 2.94 bits per heavy atom. The van der Waals surface area contributed by atoms with Crippen LogP contribution >= 0.6 is 11.8 Å². The third-order valence-corrected chi connectivity index (χ3v) is 2.97. The Balaban J connectivity index is 2.01. The molecule has 3 N–H and O–H groups in total.